The Labute approximate surface area is 164 Å². The van der Waals surface area contributed by atoms with Gasteiger partial charge in [-0.05, 0) is 12.1 Å². The maximum absolute atomic E-state index is 12.7. The monoisotopic (exact) mass is 401 g/mol. The van der Waals surface area contributed by atoms with Crippen molar-refractivity contribution < 1.29 is 9.59 Å². The minimum atomic E-state index is -0.673. The first-order chi connectivity index (χ1) is 13.0. The van der Waals surface area contributed by atoms with E-state index in [0.717, 1.165) is 4.68 Å². The molecule has 1 N–H and O–H groups in total. The molecule has 0 aliphatic heterocycles. The van der Waals surface area contributed by atoms with Gasteiger partial charge in [0.25, 0.3) is 5.56 Å². The van der Waals surface area contributed by atoms with Gasteiger partial charge in [-0.1, -0.05) is 65.7 Å². The second-order valence-corrected chi connectivity index (χ2v) is 6.34. The molecule has 0 aliphatic carbocycles. The molecule has 0 atom stereocenters. The average Bonchev–Trinajstić information content (AvgIpc) is 2.69. The number of amides is 1. The molecule has 1 heterocycles. The Morgan fingerprint density at radius 1 is 1.00 bits per heavy atom. The molecule has 0 unspecified atom stereocenters. The van der Waals surface area contributed by atoms with E-state index in [2.05, 4.69) is 10.4 Å². The fraction of sp³-hybridized carbons (Fsp3) is 0.0526. The van der Waals surface area contributed by atoms with Crippen LogP contribution in [0.4, 0.5) is 5.69 Å². The summed E-state index contributed by atoms with van der Waals surface area (Å²) in [5.41, 5.74) is 0.505. The lowest BCUT2D eigenvalue weighted by atomic mass is 10.0. The Hall–Kier alpha value is -2.96. The molecule has 0 saturated heterocycles. The summed E-state index contributed by atoms with van der Waals surface area (Å²) < 4.78 is 0.894. The van der Waals surface area contributed by atoms with Crippen molar-refractivity contribution in [1.29, 1.82) is 0 Å². The minimum Gasteiger partial charge on any atom is -0.324 e. The molecule has 0 saturated carbocycles. The van der Waals surface area contributed by atoms with Crippen LogP contribution < -0.4 is 10.9 Å². The van der Waals surface area contributed by atoms with Crippen LogP contribution in [0.3, 0.4) is 0 Å². The summed E-state index contributed by atoms with van der Waals surface area (Å²) in [6.45, 7) is -0.371. The summed E-state index contributed by atoms with van der Waals surface area (Å²) in [5, 5.41) is 6.22. The SMILES string of the molecule is O=C(Cn1ncc(Cl)c(Cl)c1=O)Nc1ccccc1C(=O)c1ccccc1. The lowest BCUT2D eigenvalue weighted by Gasteiger charge is -2.11. The van der Waals surface area contributed by atoms with E-state index in [1.165, 1.54) is 6.20 Å². The van der Waals surface area contributed by atoms with Crippen LogP contribution in [0, 0.1) is 0 Å². The highest BCUT2D eigenvalue weighted by molar-refractivity contribution is 6.41. The summed E-state index contributed by atoms with van der Waals surface area (Å²) in [6.07, 6.45) is 1.19. The number of anilines is 1. The van der Waals surface area contributed by atoms with Gasteiger partial charge in [-0.25, -0.2) is 4.68 Å². The van der Waals surface area contributed by atoms with Gasteiger partial charge in [-0.3, -0.25) is 14.4 Å². The lowest BCUT2D eigenvalue weighted by Crippen LogP contribution is -2.30. The molecular formula is C19H13Cl2N3O3. The molecule has 0 spiro atoms. The molecule has 136 valence electrons. The highest BCUT2D eigenvalue weighted by Crippen LogP contribution is 2.19. The van der Waals surface area contributed by atoms with E-state index in [0.29, 0.717) is 16.8 Å². The highest BCUT2D eigenvalue weighted by Gasteiger charge is 2.16. The van der Waals surface area contributed by atoms with Crippen molar-refractivity contribution in [2.75, 3.05) is 5.32 Å². The number of nitrogens with one attached hydrogen (secondary N) is 1. The Bertz CT molecular complexity index is 1070. The van der Waals surface area contributed by atoms with Gasteiger partial charge in [0.15, 0.2) is 5.78 Å². The lowest BCUT2D eigenvalue weighted by molar-refractivity contribution is -0.117. The first kappa shape index (κ1) is 18.8. The zero-order valence-corrected chi connectivity index (χ0v) is 15.4. The normalized spacial score (nSPS) is 10.4. The van der Waals surface area contributed by atoms with E-state index in [4.69, 9.17) is 23.2 Å². The molecule has 1 amide bonds. The summed E-state index contributed by atoms with van der Waals surface area (Å²) in [5.74, 6) is -0.757. The van der Waals surface area contributed by atoms with Crippen LogP contribution in [0.25, 0.3) is 0 Å². The van der Waals surface area contributed by atoms with Crippen LogP contribution in [0.15, 0.2) is 65.6 Å². The van der Waals surface area contributed by atoms with Crippen LogP contribution in [0.1, 0.15) is 15.9 Å². The number of hydrogen-bond donors (Lipinski definition) is 1. The van der Waals surface area contributed by atoms with Gasteiger partial charge in [0.05, 0.1) is 16.9 Å². The van der Waals surface area contributed by atoms with E-state index >= 15 is 0 Å². The van der Waals surface area contributed by atoms with Crippen molar-refractivity contribution in [2.45, 2.75) is 6.54 Å². The van der Waals surface area contributed by atoms with Crippen molar-refractivity contribution in [3.63, 3.8) is 0 Å². The number of benzene rings is 2. The highest BCUT2D eigenvalue weighted by atomic mass is 35.5. The standard InChI is InChI=1S/C19H13Cl2N3O3/c20-14-10-22-24(19(27)17(14)21)11-16(25)23-15-9-5-4-8-13(15)18(26)12-6-2-1-3-7-12/h1-10H,11H2,(H,23,25). The van der Waals surface area contributed by atoms with Crippen molar-refractivity contribution in [1.82, 2.24) is 9.78 Å². The smallest absolute Gasteiger partial charge is 0.287 e. The van der Waals surface area contributed by atoms with E-state index in [9.17, 15) is 14.4 Å². The Morgan fingerprint density at radius 3 is 2.41 bits per heavy atom. The first-order valence-electron chi connectivity index (χ1n) is 7.87. The first-order valence-corrected chi connectivity index (χ1v) is 8.62. The largest absolute Gasteiger partial charge is 0.324 e. The fourth-order valence-corrected chi connectivity index (χ4v) is 2.69. The third-order valence-corrected chi connectivity index (χ3v) is 4.47. The molecule has 0 fully saturated rings. The molecule has 27 heavy (non-hydrogen) atoms. The van der Waals surface area contributed by atoms with Crippen LogP contribution in [-0.4, -0.2) is 21.5 Å². The summed E-state index contributed by atoms with van der Waals surface area (Å²) in [7, 11) is 0. The van der Waals surface area contributed by atoms with Crippen molar-refractivity contribution in [3.05, 3.63) is 92.3 Å². The van der Waals surface area contributed by atoms with Crippen molar-refractivity contribution in [3.8, 4) is 0 Å². The molecule has 0 radical (unpaired) electrons. The predicted octanol–water partition coefficient (Wildman–Crippen LogP) is 3.42. The van der Waals surface area contributed by atoms with E-state index in [1.807, 2.05) is 6.07 Å². The molecule has 2 aromatic carbocycles. The van der Waals surface area contributed by atoms with Crippen molar-refractivity contribution >= 4 is 40.6 Å². The van der Waals surface area contributed by atoms with Crippen LogP contribution in [-0.2, 0) is 11.3 Å². The zero-order valence-electron chi connectivity index (χ0n) is 13.9. The maximum Gasteiger partial charge on any atom is 0.287 e. The summed E-state index contributed by atoms with van der Waals surface area (Å²) >= 11 is 11.5. The Balaban J connectivity index is 1.82. The number of para-hydroxylation sites is 1. The average molecular weight is 402 g/mol. The molecule has 0 aliphatic rings. The topological polar surface area (TPSA) is 81.1 Å². The van der Waals surface area contributed by atoms with Gasteiger partial charge in [-0.15, -0.1) is 0 Å². The summed E-state index contributed by atoms with van der Waals surface area (Å²) in [4.78, 5) is 37.0. The maximum atomic E-state index is 12.7. The molecule has 8 heteroatoms. The number of hydrogen-bond acceptors (Lipinski definition) is 4. The number of ketones is 1. The molecule has 0 bridgehead atoms. The Morgan fingerprint density at radius 2 is 1.67 bits per heavy atom. The number of carbonyl (C=O) groups is 2. The van der Waals surface area contributed by atoms with E-state index in [-0.39, 0.29) is 22.4 Å². The zero-order chi connectivity index (χ0) is 19.4. The molecule has 3 aromatic rings. The molecular weight excluding hydrogens is 389 g/mol. The van der Waals surface area contributed by atoms with Crippen LogP contribution >= 0.6 is 23.2 Å². The minimum absolute atomic E-state index is 0.0112. The van der Waals surface area contributed by atoms with Gasteiger partial charge < -0.3 is 5.32 Å². The number of carbonyl (C=O) groups excluding carboxylic acids is 2. The van der Waals surface area contributed by atoms with Gasteiger partial charge in [0, 0.05) is 11.1 Å². The fourth-order valence-electron chi connectivity index (χ4n) is 2.42. The number of rotatable bonds is 5. The van der Waals surface area contributed by atoms with Crippen LogP contribution in [0.5, 0.6) is 0 Å². The third kappa shape index (κ3) is 4.24. The number of nitrogens with zero attached hydrogens (tertiary/aromatic N) is 2. The van der Waals surface area contributed by atoms with Crippen molar-refractivity contribution in [2.24, 2.45) is 0 Å². The number of aromatic nitrogens is 2. The van der Waals surface area contributed by atoms with Gasteiger partial charge in [0.2, 0.25) is 5.91 Å². The predicted molar refractivity (Wildman–Crippen MR) is 103 cm³/mol. The second-order valence-electron chi connectivity index (χ2n) is 5.56. The molecule has 6 nitrogen and oxygen atoms in total. The van der Waals surface area contributed by atoms with Crippen LogP contribution in [0.2, 0.25) is 10.0 Å². The quantitative estimate of drug-likeness (QED) is 0.664. The van der Waals surface area contributed by atoms with E-state index in [1.54, 1.807) is 48.5 Å². The van der Waals surface area contributed by atoms with Gasteiger partial charge >= 0.3 is 0 Å². The molecule has 1 aromatic heterocycles. The molecule has 3 rings (SSSR count). The number of halogens is 2. The summed E-state index contributed by atoms with van der Waals surface area (Å²) in [6, 6.07) is 15.4. The van der Waals surface area contributed by atoms with E-state index < -0.39 is 11.5 Å². The Kier molecular flexibility index (Phi) is 5.69. The van der Waals surface area contributed by atoms with Gasteiger partial charge in [-0.2, -0.15) is 5.10 Å². The third-order valence-electron chi connectivity index (χ3n) is 3.72. The second kappa shape index (κ2) is 8.16. The van der Waals surface area contributed by atoms with Gasteiger partial charge in [0.1, 0.15) is 11.6 Å².